The zero-order valence-electron chi connectivity index (χ0n) is 29.7. The fourth-order valence-electron chi connectivity index (χ4n) is 7.94. The van der Waals surface area contributed by atoms with Gasteiger partial charge >= 0.3 is 0 Å². The Kier molecular flexibility index (Phi) is 7.35. The zero-order valence-corrected chi connectivity index (χ0v) is 30.5. The molecule has 55 heavy (non-hydrogen) atoms. The van der Waals surface area contributed by atoms with Crippen LogP contribution >= 0.6 is 11.3 Å². The van der Waals surface area contributed by atoms with Crippen molar-refractivity contribution in [1.82, 2.24) is 4.98 Å². The second kappa shape index (κ2) is 12.8. The lowest BCUT2D eigenvalue weighted by atomic mass is 9.99. The summed E-state index contributed by atoms with van der Waals surface area (Å²) in [6.07, 6.45) is 0. The number of nitrogens with zero attached hydrogens (tertiary/aromatic N) is 2. The minimum atomic E-state index is 0.875. The Morgan fingerprint density at radius 3 is 1.82 bits per heavy atom. The van der Waals surface area contributed by atoms with Gasteiger partial charge < -0.3 is 9.32 Å². The molecule has 2 aromatic heterocycles. The minimum Gasteiger partial charge on any atom is -0.455 e. The van der Waals surface area contributed by atoms with Gasteiger partial charge in [-0.1, -0.05) is 127 Å². The average molecular weight is 721 g/mol. The molecule has 0 bridgehead atoms. The fourth-order valence-corrected chi connectivity index (χ4v) is 8.94. The smallest absolute Gasteiger partial charge is 0.143 e. The summed E-state index contributed by atoms with van der Waals surface area (Å²) in [6.45, 7) is 0. The number of aromatic nitrogens is 1. The molecule has 9 aromatic carbocycles. The van der Waals surface area contributed by atoms with Crippen LogP contribution in [0.1, 0.15) is 0 Å². The minimum absolute atomic E-state index is 0.875. The number of thiazole rings is 1. The topological polar surface area (TPSA) is 29.3 Å². The van der Waals surface area contributed by atoms with Crippen molar-refractivity contribution in [3.63, 3.8) is 0 Å². The maximum Gasteiger partial charge on any atom is 0.143 e. The largest absolute Gasteiger partial charge is 0.455 e. The Hall–Kier alpha value is -7.01. The molecule has 0 aliphatic rings. The van der Waals surface area contributed by atoms with E-state index in [4.69, 9.17) is 9.40 Å². The van der Waals surface area contributed by atoms with Gasteiger partial charge in [0.2, 0.25) is 0 Å². The molecule has 4 heteroatoms. The first-order valence-electron chi connectivity index (χ1n) is 18.5. The molecule has 0 saturated heterocycles. The van der Waals surface area contributed by atoms with Gasteiger partial charge in [0.05, 0.1) is 10.2 Å². The second-order valence-corrected chi connectivity index (χ2v) is 15.0. The highest BCUT2D eigenvalue weighted by Crippen LogP contribution is 2.43. The van der Waals surface area contributed by atoms with Crippen molar-refractivity contribution >= 4 is 82.1 Å². The van der Waals surface area contributed by atoms with Crippen LogP contribution in [0, 0.1) is 0 Å². The summed E-state index contributed by atoms with van der Waals surface area (Å²) in [5, 5.41) is 7.91. The first-order valence-corrected chi connectivity index (χ1v) is 19.3. The van der Waals surface area contributed by atoms with Gasteiger partial charge in [0.1, 0.15) is 16.2 Å². The third kappa shape index (κ3) is 5.46. The van der Waals surface area contributed by atoms with Crippen molar-refractivity contribution in [2.24, 2.45) is 0 Å². The van der Waals surface area contributed by atoms with Crippen LogP contribution in [-0.2, 0) is 0 Å². The quantitative estimate of drug-likeness (QED) is 0.171. The molecule has 0 aliphatic carbocycles. The van der Waals surface area contributed by atoms with Gasteiger partial charge in [-0.15, -0.1) is 11.3 Å². The molecule has 0 radical (unpaired) electrons. The normalized spacial score (nSPS) is 11.6. The summed E-state index contributed by atoms with van der Waals surface area (Å²) >= 11 is 1.74. The molecular weight excluding hydrogens is 689 g/mol. The van der Waals surface area contributed by atoms with Crippen LogP contribution in [0.15, 0.2) is 199 Å². The van der Waals surface area contributed by atoms with Crippen LogP contribution in [0.3, 0.4) is 0 Å². The van der Waals surface area contributed by atoms with Crippen LogP contribution < -0.4 is 4.90 Å². The molecule has 11 rings (SSSR count). The molecule has 2 heterocycles. The molecule has 11 aromatic rings. The first kappa shape index (κ1) is 31.5. The Balaban J connectivity index is 0.986. The molecular formula is C51H32N2OS. The zero-order chi connectivity index (χ0) is 36.3. The standard InChI is InChI=1S/C51H32N2OS/c1-2-10-33(11-3-1)35-18-24-39(25-19-35)53(41-28-22-34-12-4-5-13-37(34)30-41)40-26-20-36(21-27-40)38-23-29-43-45-32-46(51-52-47-16-8-9-17-49(47)55-51)42-14-6-7-15-44(42)50(45)54-48(43)31-38/h1-32H. The van der Waals surface area contributed by atoms with Gasteiger partial charge in [-0.05, 0) is 105 Å². The van der Waals surface area contributed by atoms with Crippen molar-refractivity contribution in [3.8, 4) is 32.8 Å². The van der Waals surface area contributed by atoms with Crippen LogP contribution in [0.5, 0.6) is 0 Å². The van der Waals surface area contributed by atoms with Crippen LogP contribution in [0.2, 0.25) is 0 Å². The van der Waals surface area contributed by atoms with Gasteiger partial charge in [-0.3, -0.25) is 0 Å². The van der Waals surface area contributed by atoms with E-state index in [2.05, 4.69) is 193 Å². The highest BCUT2D eigenvalue weighted by atomic mass is 32.1. The molecule has 0 amide bonds. The maximum absolute atomic E-state index is 6.71. The Bertz CT molecular complexity index is 3160. The summed E-state index contributed by atoms with van der Waals surface area (Å²) in [7, 11) is 0. The number of furan rings is 1. The van der Waals surface area contributed by atoms with Crippen LogP contribution in [0.4, 0.5) is 17.1 Å². The highest BCUT2D eigenvalue weighted by Gasteiger charge is 2.18. The predicted molar refractivity (Wildman–Crippen MR) is 233 cm³/mol. The molecule has 0 atom stereocenters. The number of hydrogen-bond donors (Lipinski definition) is 0. The summed E-state index contributed by atoms with van der Waals surface area (Å²) in [5.74, 6) is 0. The van der Waals surface area contributed by atoms with Crippen molar-refractivity contribution in [2.75, 3.05) is 4.90 Å². The molecule has 0 N–H and O–H groups in total. The Morgan fingerprint density at radius 2 is 1.04 bits per heavy atom. The van der Waals surface area contributed by atoms with Crippen LogP contribution in [-0.4, -0.2) is 4.98 Å². The van der Waals surface area contributed by atoms with E-state index in [1.54, 1.807) is 11.3 Å². The Morgan fingerprint density at radius 1 is 0.418 bits per heavy atom. The first-order chi connectivity index (χ1) is 27.2. The number of anilines is 3. The summed E-state index contributed by atoms with van der Waals surface area (Å²) in [5.41, 5.74) is 11.9. The van der Waals surface area contributed by atoms with E-state index in [1.165, 1.54) is 26.6 Å². The fraction of sp³-hybridized carbons (Fsp3) is 0. The molecule has 0 saturated carbocycles. The van der Waals surface area contributed by atoms with Crippen molar-refractivity contribution < 1.29 is 4.42 Å². The van der Waals surface area contributed by atoms with E-state index in [0.717, 1.165) is 77.0 Å². The summed E-state index contributed by atoms with van der Waals surface area (Å²) in [6, 6.07) is 69.2. The lowest BCUT2D eigenvalue weighted by Gasteiger charge is -2.26. The predicted octanol–water partition coefficient (Wildman–Crippen LogP) is 15.0. The van der Waals surface area contributed by atoms with Crippen molar-refractivity contribution in [3.05, 3.63) is 194 Å². The third-order valence-electron chi connectivity index (χ3n) is 10.7. The van der Waals surface area contributed by atoms with E-state index >= 15 is 0 Å². The van der Waals surface area contributed by atoms with Gasteiger partial charge in [0.25, 0.3) is 0 Å². The maximum atomic E-state index is 6.71. The second-order valence-electron chi connectivity index (χ2n) is 14.0. The molecule has 0 fully saturated rings. The van der Waals surface area contributed by atoms with E-state index < -0.39 is 0 Å². The lowest BCUT2D eigenvalue weighted by molar-refractivity contribution is 0.673. The summed E-state index contributed by atoms with van der Waals surface area (Å²) in [4.78, 5) is 7.37. The Labute approximate surface area is 322 Å². The third-order valence-corrected chi connectivity index (χ3v) is 11.8. The van der Waals surface area contributed by atoms with E-state index in [9.17, 15) is 0 Å². The van der Waals surface area contributed by atoms with Gasteiger partial charge in [0.15, 0.2) is 0 Å². The average Bonchev–Trinajstić information content (AvgIpc) is 3.86. The molecule has 258 valence electrons. The van der Waals surface area contributed by atoms with Crippen molar-refractivity contribution in [1.29, 1.82) is 0 Å². The SMILES string of the molecule is c1ccc(-c2ccc(N(c3ccc(-c4ccc5c(c4)oc4c6ccccc6c(-c6nc7ccccc7s6)cc54)cc3)c3ccc4ccccc4c3)cc2)cc1. The van der Waals surface area contributed by atoms with Crippen molar-refractivity contribution in [2.45, 2.75) is 0 Å². The number of para-hydroxylation sites is 1. The monoisotopic (exact) mass is 720 g/mol. The number of benzene rings is 9. The molecule has 3 nitrogen and oxygen atoms in total. The molecule has 0 spiro atoms. The van der Waals surface area contributed by atoms with E-state index in [0.29, 0.717) is 0 Å². The highest BCUT2D eigenvalue weighted by molar-refractivity contribution is 7.21. The molecule has 0 aliphatic heterocycles. The number of hydrogen-bond acceptors (Lipinski definition) is 4. The number of rotatable bonds is 6. The number of fused-ring (bicyclic) bond motifs is 7. The van der Waals surface area contributed by atoms with Gasteiger partial charge in [-0.25, -0.2) is 4.98 Å². The van der Waals surface area contributed by atoms with Crippen LogP contribution in [0.25, 0.3) is 86.5 Å². The summed E-state index contributed by atoms with van der Waals surface area (Å²) < 4.78 is 7.90. The lowest BCUT2D eigenvalue weighted by Crippen LogP contribution is -2.09. The molecule has 0 unspecified atom stereocenters. The van der Waals surface area contributed by atoms with Gasteiger partial charge in [0, 0.05) is 38.8 Å². The van der Waals surface area contributed by atoms with E-state index in [-0.39, 0.29) is 0 Å². The van der Waals surface area contributed by atoms with Gasteiger partial charge in [-0.2, -0.15) is 0 Å². The van der Waals surface area contributed by atoms with E-state index in [1.807, 2.05) is 6.07 Å².